The van der Waals surface area contributed by atoms with Gasteiger partial charge in [0.05, 0.1) is 31.5 Å². The van der Waals surface area contributed by atoms with Crippen molar-refractivity contribution in [3.63, 3.8) is 0 Å². The molecule has 1 N–H and O–H groups in total. The Labute approximate surface area is 111 Å². The number of hydrogen-bond acceptors (Lipinski definition) is 4. The minimum atomic E-state index is 0.144. The van der Waals surface area contributed by atoms with Crippen LogP contribution in [0.5, 0.6) is 0 Å². The predicted octanol–water partition coefficient (Wildman–Crippen LogP) is 1.97. The van der Waals surface area contributed by atoms with Crippen LogP contribution in [0.1, 0.15) is 40.5 Å². The summed E-state index contributed by atoms with van der Waals surface area (Å²) < 4.78 is 16.7. The van der Waals surface area contributed by atoms with E-state index in [9.17, 15) is 0 Å². The van der Waals surface area contributed by atoms with Crippen LogP contribution < -0.4 is 5.32 Å². The highest BCUT2D eigenvalue weighted by Crippen LogP contribution is 2.20. The molecule has 0 radical (unpaired) electrons. The summed E-state index contributed by atoms with van der Waals surface area (Å²) in [5.74, 6) is 0. The van der Waals surface area contributed by atoms with Crippen LogP contribution in [0.2, 0.25) is 0 Å². The first kappa shape index (κ1) is 15.9. The molecule has 3 unspecified atom stereocenters. The highest BCUT2D eigenvalue weighted by atomic mass is 16.6. The topological polar surface area (TPSA) is 39.7 Å². The predicted molar refractivity (Wildman–Crippen MR) is 72.9 cm³/mol. The quantitative estimate of drug-likeness (QED) is 0.759. The van der Waals surface area contributed by atoms with Gasteiger partial charge in [0.15, 0.2) is 0 Å². The fourth-order valence-electron chi connectivity index (χ4n) is 2.03. The van der Waals surface area contributed by atoms with Crippen LogP contribution in [0.25, 0.3) is 0 Å². The number of hydrogen-bond donors (Lipinski definition) is 1. The van der Waals surface area contributed by atoms with Gasteiger partial charge in [-0.25, -0.2) is 0 Å². The van der Waals surface area contributed by atoms with Crippen LogP contribution in [-0.2, 0) is 14.2 Å². The van der Waals surface area contributed by atoms with E-state index < -0.39 is 0 Å². The van der Waals surface area contributed by atoms with E-state index in [1.807, 2.05) is 6.92 Å². The van der Waals surface area contributed by atoms with Gasteiger partial charge in [0.2, 0.25) is 0 Å². The van der Waals surface area contributed by atoms with E-state index in [4.69, 9.17) is 14.2 Å². The molecule has 1 rings (SSSR count). The lowest BCUT2D eigenvalue weighted by molar-refractivity contribution is -0.0545. The van der Waals surface area contributed by atoms with Crippen molar-refractivity contribution < 1.29 is 14.2 Å². The second-order valence-corrected chi connectivity index (χ2v) is 6.19. The SMILES string of the molecule is COCC(C)OCC1CCC(CNC(C)(C)C)O1. The zero-order chi connectivity index (χ0) is 13.6. The lowest BCUT2D eigenvalue weighted by Crippen LogP contribution is -2.41. The Morgan fingerprint density at radius 2 is 1.94 bits per heavy atom. The van der Waals surface area contributed by atoms with Gasteiger partial charge in [-0.05, 0) is 40.5 Å². The fourth-order valence-corrected chi connectivity index (χ4v) is 2.03. The van der Waals surface area contributed by atoms with Crippen LogP contribution in [-0.4, -0.2) is 50.7 Å². The van der Waals surface area contributed by atoms with Crippen molar-refractivity contribution in [2.75, 3.05) is 26.9 Å². The number of ether oxygens (including phenoxy) is 3. The van der Waals surface area contributed by atoms with E-state index >= 15 is 0 Å². The summed E-state index contributed by atoms with van der Waals surface area (Å²) >= 11 is 0. The molecule has 4 nitrogen and oxygen atoms in total. The van der Waals surface area contributed by atoms with Crippen LogP contribution in [0.4, 0.5) is 0 Å². The third kappa shape index (κ3) is 6.69. The van der Waals surface area contributed by atoms with Crippen molar-refractivity contribution in [3.8, 4) is 0 Å². The molecule has 108 valence electrons. The van der Waals surface area contributed by atoms with Crippen LogP contribution in [0.15, 0.2) is 0 Å². The van der Waals surface area contributed by atoms with Gasteiger partial charge in [0, 0.05) is 19.2 Å². The molecule has 0 spiro atoms. The van der Waals surface area contributed by atoms with E-state index in [1.165, 1.54) is 0 Å². The average Bonchev–Trinajstić information content (AvgIpc) is 2.71. The van der Waals surface area contributed by atoms with E-state index in [0.717, 1.165) is 19.4 Å². The molecule has 1 fully saturated rings. The summed E-state index contributed by atoms with van der Waals surface area (Å²) in [7, 11) is 1.69. The third-order valence-electron chi connectivity index (χ3n) is 3.02. The van der Waals surface area contributed by atoms with Gasteiger partial charge in [-0.1, -0.05) is 0 Å². The van der Waals surface area contributed by atoms with Crippen molar-refractivity contribution in [1.29, 1.82) is 0 Å². The Morgan fingerprint density at radius 3 is 2.56 bits per heavy atom. The van der Waals surface area contributed by atoms with Gasteiger partial charge >= 0.3 is 0 Å². The van der Waals surface area contributed by atoms with Gasteiger partial charge in [-0.3, -0.25) is 0 Å². The Hall–Kier alpha value is -0.160. The molecule has 0 aliphatic carbocycles. The molecular formula is C14H29NO3. The van der Waals surface area contributed by atoms with Crippen LogP contribution in [0.3, 0.4) is 0 Å². The zero-order valence-electron chi connectivity index (χ0n) is 12.5. The summed E-state index contributed by atoms with van der Waals surface area (Å²) in [5.41, 5.74) is 0.158. The van der Waals surface area contributed by atoms with Crippen molar-refractivity contribution in [1.82, 2.24) is 5.32 Å². The second kappa shape index (κ2) is 7.43. The van der Waals surface area contributed by atoms with Gasteiger partial charge in [-0.2, -0.15) is 0 Å². The smallest absolute Gasteiger partial charge is 0.0814 e. The normalized spacial score (nSPS) is 26.5. The van der Waals surface area contributed by atoms with Gasteiger partial charge < -0.3 is 19.5 Å². The van der Waals surface area contributed by atoms with Crippen molar-refractivity contribution in [3.05, 3.63) is 0 Å². The molecule has 4 heteroatoms. The standard InChI is InChI=1S/C14H29NO3/c1-11(9-16-5)17-10-13-7-6-12(18-13)8-15-14(2,3)4/h11-13,15H,6-10H2,1-5H3. The van der Waals surface area contributed by atoms with Crippen LogP contribution >= 0.6 is 0 Å². The first-order valence-electron chi connectivity index (χ1n) is 6.91. The molecule has 1 heterocycles. The van der Waals surface area contributed by atoms with E-state index in [0.29, 0.717) is 19.3 Å². The largest absolute Gasteiger partial charge is 0.382 e. The van der Waals surface area contributed by atoms with Crippen molar-refractivity contribution in [2.24, 2.45) is 0 Å². The lowest BCUT2D eigenvalue weighted by Gasteiger charge is -2.23. The molecule has 3 atom stereocenters. The first-order chi connectivity index (χ1) is 8.40. The van der Waals surface area contributed by atoms with E-state index in [2.05, 4.69) is 26.1 Å². The number of rotatable bonds is 7. The number of nitrogens with one attached hydrogen (secondary N) is 1. The summed E-state index contributed by atoms with van der Waals surface area (Å²) in [6.07, 6.45) is 2.93. The summed E-state index contributed by atoms with van der Waals surface area (Å²) in [6, 6.07) is 0. The molecule has 1 saturated heterocycles. The van der Waals surface area contributed by atoms with E-state index in [1.54, 1.807) is 7.11 Å². The van der Waals surface area contributed by atoms with Gasteiger partial charge in [-0.15, -0.1) is 0 Å². The fraction of sp³-hybridized carbons (Fsp3) is 1.00. The summed E-state index contributed by atoms with van der Waals surface area (Å²) in [4.78, 5) is 0. The average molecular weight is 259 g/mol. The van der Waals surface area contributed by atoms with Gasteiger partial charge in [0.1, 0.15) is 0 Å². The maximum absolute atomic E-state index is 5.96. The third-order valence-corrected chi connectivity index (χ3v) is 3.02. The molecule has 18 heavy (non-hydrogen) atoms. The molecule has 0 saturated carbocycles. The minimum absolute atomic E-state index is 0.144. The molecular weight excluding hydrogens is 230 g/mol. The first-order valence-corrected chi connectivity index (χ1v) is 6.91. The molecule has 0 aromatic heterocycles. The summed E-state index contributed by atoms with van der Waals surface area (Å²) in [6.45, 7) is 10.8. The molecule has 0 amide bonds. The Morgan fingerprint density at radius 1 is 1.28 bits per heavy atom. The molecule has 1 aliphatic heterocycles. The second-order valence-electron chi connectivity index (χ2n) is 6.19. The number of methoxy groups -OCH3 is 1. The van der Waals surface area contributed by atoms with Crippen LogP contribution in [0, 0.1) is 0 Å². The maximum atomic E-state index is 5.96. The van der Waals surface area contributed by atoms with Crippen molar-refractivity contribution >= 4 is 0 Å². The molecule has 0 aromatic carbocycles. The Balaban J connectivity index is 2.13. The summed E-state index contributed by atoms with van der Waals surface area (Å²) in [5, 5.41) is 3.48. The lowest BCUT2D eigenvalue weighted by atomic mass is 10.1. The maximum Gasteiger partial charge on any atom is 0.0814 e. The Bertz CT molecular complexity index is 228. The van der Waals surface area contributed by atoms with Crippen molar-refractivity contribution in [2.45, 2.75) is 64.4 Å². The molecule has 0 aromatic rings. The minimum Gasteiger partial charge on any atom is -0.382 e. The molecule has 0 bridgehead atoms. The van der Waals surface area contributed by atoms with Gasteiger partial charge in [0.25, 0.3) is 0 Å². The van der Waals surface area contributed by atoms with E-state index in [-0.39, 0.29) is 17.7 Å². The highest BCUT2D eigenvalue weighted by molar-refractivity contribution is 4.79. The zero-order valence-corrected chi connectivity index (χ0v) is 12.5. The Kier molecular flexibility index (Phi) is 6.57. The monoisotopic (exact) mass is 259 g/mol. The highest BCUT2D eigenvalue weighted by Gasteiger charge is 2.26. The molecule has 1 aliphatic rings.